The van der Waals surface area contributed by atoms with Gasteiger partial charge in [0.25, 0.3) is 11.6 Å². The Kier molecular flexibility index (Phi) is 7.36. The molecule has 0 bridgehead atoms. The molecule has 1 rings (SSSR count). The zero-order valence-electron chi connectivity index (χ0n) is 12.4. The zero-order chi connectivity index (χ0) is 15.8. The largest absolute Gasteiger partial charge is 0.352 e. The molecule has 0 saturated carbocycles. The number of benzene rings is 1. The maximum absolute atomic E-state index is 12.2. The van der Waals surface area contributed by atoms with Crippen molar-refractivity contribution in [3.63, 3.8) is 0 Å². The molecule has 1 aromatic rings. The van der Waals surface area contributed by atoms with Gasteiger partial charge < -0.3 is 5.32 Å². The molecule has 5 nitrogen and oxygen atoms in total. The van der Waals surface area contributed by atoms with Crippen LogP contribution in [0.3, 0.4) is 0 Å². The second-order valence-electron chi connectivity index (χ2n) is 5.02. The number of nitro benzene ring substituents is 1. The van der Waals surface area contributed by atoms with E-state index in [-0.39, 0.29) is 16.1 Å². The first kappa shape index (κ1) is 17.6. The normalized spacial score (nSPS) is 12.0. The molecule has 0 aliphatic rings. The van der Waals surface area contributed by atoms with Crippen LogP contribution in [0.15, 0.2) is 22.7 Å². The van der Waals surface area contributed by atoms with Crippen LogP contribution < -0.4 is 5.32 Å². The van der Waals surface area contributed by atoms with Gasteiger partial charge in [0.1, 0.15) is 4.47 Å². The van der Waals surface area contributed by atoms with Crippen molar-refractivity contribution >= 4 is 27.5 Å². The Labute approximate surface area is 133 Å². The monoisotopic (exact) mass is 356 g/mol. The summed E-state index contributed by atoms with van der Waals surface area (Å²) in [5.74, 6) is 0.173. The third-order valence-electron chi connectivity index (χ3n) is 3.51. The van der Waals surface area contributed by atoms with E-state index in [9.17, 15) is 14.9 Å². The summed E-state index contributed by atoms with van der Waals surface area (Å²) in [5, 5.41) is 13.7. The van der Waals surface area contributed by atoms with Gasteiger partial charge in [-0.05, 0) is 34.3 Å². The third-order valence-corrected chi connectivity index (χ3v) is 4.35. The van der Waals surface area contributed by atoms with E-state index in [4.69, 9.17) is 0 Å². The molecule has 6 heteroatoms. The third kappa shape index (κ3) is 5.12. The summed E-state index contributed by atoms with van der Waals surface area (Å²) in [6, 6.07) is 4.47. The second kappa shape index (κ2) is 8.77. The molecule has 1 atom stereocenters. The van der Waals surface area contributed by atoms with Crippen molar-refractivity contribution in [3.05, 3.63) is 38.3 Å². The summed E-state index contributed by atoms with van der Waals surface area (Å²) in [4.78, 5) is 22.5. The Morgan fingerprint density at radius 1 is 1.43 bits per heavy atom. The van der Waals surface area contributed by atoms with Gasteiger partial charge in [0.2, 0.25) is 0 Å². The highest BCUT2D eigenvalue weighted by atomic mass is 79.9. The van der Waals surface area contributed by atoms with Crippen LogP contribution in [0.4, 0.5) is 5.69 Å². The van der Waals surface area contributed by atoms with Crippen LogP contribution in [0.2, 0.25) is 0 Å². The van der Waals surface area contributed by atoms with E-state index in [1.54, 1.807) is 6.07 Å². The number of carbonyl (C=O) groups is 1. The van der Waals surface area contributed by atoms with E-state index in [0.29, 0.717) is 18.0 Å². The van der Waals surface area contributed by atoms with Crippen molar-refractivity contribution in [2.24, 2.45) is 5.92 Å². The SMILES string of the molecule is CCCCC(CC)CNC(=O)c1cccc([N+](=O)[O-])c1Br. The molecule has 1 amide bonds. The van der Waals surface area contributed by atoms with Crippen molar-refractivity contribution in [3.8, 4) is 0 Å². The van der Waals surface area contributed by atoms with E-state index >= 15 is 0 Å². The molecule has 116 valence electrons. The summed E-state index contributed by atoms with van der Waals surface area (Å²) in [6.07, 6.45) is 4.38. The Hall–Kier alpha value is -1.43. The van der Waals surface area contributed by atoms with Gasteiger partial charge in [-0.3, -0.25) is 14.9 Å². The van der Waals surface area contributed by atoms with Crippen LogP contribution in [0.25, 0.3) is 0 Å². The zero-order valence-corrected chi connectivity index (χ0v) is 14.0. The maximum Gasteiger partial charge on any atom is 0.284 e. The van der Waals surface area contributed by atoms with Crippen LogP contribution in [0.5, 0.6) is 0 Å². The Bertz CT molecular complexity index is 506. The summed E-state index contributed by atoms with van der Waals surface area (Å²) >= 11 is 3.15. The topological polar surface area (TPSA) is 72.2 Å². The first-order chi connectivity index (χ1) is 10.0. The summed E-state index contributed by atoms with van der Waals surface area (Å²) in [7, 11) is 0. The predicted octanol–water partition coefficient (Wildman–Crippen LogP) is 4.30. The molecule has 0 fully saturated rings. The number of nitrogens with zero attached hydrogens (tertiary/aromatic N) is 1. The van der Waals surface area contributed by atoms with E-state index in [1.165, 1.54) is 12.1 Å². The lowest BCUT2D eigenvalue weighted by Crippen LogP contribution is -2.29. The number of amides is 1. The highest BCUT2D eigenvalue weighted by molar-refractivity contribution is 9.10. The molecule has 0 aliphatic heterocycles. The van der Waals surface area contributed by atoms with Crippen molar-refractivity contribution in [1.82, 2.24) is 5.32 Å². The number of hydrogen-bond donors (Lipinski definition) is 1. The molecule has 0 spiro atoms. The first-order valence-corrected chi connectivity index (χ1v) is 8.01. The van der Waals surface area contributed by atoms with Crippen molar-refractivity contribution in [1.29, 1.82) is 0 Å². The van der Waals surface area contributed by atoms with Gasteiger partial charge in [-0.15, -0.1) is 0 Å². The fourth-order valence-electron chi connectivity index (χ4n) is 2.11. The van der Waals surface area contributed by atoms with Crippen LogP contribution in [0.1, 0.15) is 49.9 Å². The number of hydrogen-bond acceptors (Lipinski definition) is 3. The first-order valence-electron chi connectivity index (χ1n) is 7.22. The fourth-order valence-corrected chi connectivity index (χ4v) is 2.70. The standard InChI is InChI=1S/C15H21BrN2O3/c1-3-5-7-11(4-2)10-17-15(19)12-8-6-9-13(14(12)16)18(20)21/h6,8-9,11H,3-5,7,10H2,1-2H3,(H,17,19). The average Bonchev–Trinajstić information content (AvgIpc) is 2.47. The molecular formula is C15H21BrN2O3. The number of nitro groups is 1. The molecular weight excluding hydrogens is 336 g/mol. The molecule has 0 aliphatic carbocycles. The van der Waals surface area contributed by atoms with Gasteiger partial charge in [0, 0.05) is 12.6 Å². The van der Waals surface area contributed by atoms with Crippen LogP contribution in [-0.2, 0) is 0 Å². The Morgan fingerprint density at radius 2 is 2.14 bits per heavy atom. The second-order valence-corrected chi connectivity index (χ2v) is 5.82. The lowest BCUT2D eigenvalue weighted by atomic mass is 9.99. The number of carbonyl (C=O) groups excluding carboxylic acids is 1. The highest BCUT2D eigenvalue weighted by Gasteiger charge is 2.19. The van der Waals surface area contributed by atoms with Gasteiger partial charge in [0.05, 0.1) is 10.5 Å². The molecule has 0 aromatic heterocycles. The molecule has 1 N–H and O–H groups in total. The predicted molar refractivity (Wildman–Crippen MR) is 86.4 cm³/mol. The van der Waals surface area contributed by atoms with Gasteiger partial charge in [-0.25, -0.2) is 0 Å². The van der Waals surface area contributed by atoms with Gasteiger partial charge in [-0.1, -0.05) is 39.2 Å². The van der Waals surface area contributed by atoms with Gasteiger partial charge in [-0.2, -0.15) is 0 Å². The smallest absolute Gasteiger partial charge is 0.284 e. The molecule has 0 heterocycles. The van der Waals surface area contributed by atoms with Crippen molar-refractivity contribution in [2.45, 2.75) is 39.5 Å². The molecule has 1 aromatic carbocycles. The number of halogens is 1. The maximum atomic E-state index is 12.2. The number of nitrogens with one attached hydrogen (secondary N) is 1. The summed E-state index contributed by atoms with van der Waals surface area (Å²) in [5.41, 5.74) is 0.204. The average molecular weight is 357 g/mol. The van der Waals surface area contributed by atoms with Gasteiger partial charge >= 0.3 is 0 Å². The molecule has 0 radical (unpaired) electrons. The number of rotatable bonds is 8. The lowest BCUT2D eigenvalue weighted by Gasteiger charge is -2.15. The molecule has 21 heavy (non-hydrogen) atoms. The van der Waals surface area contributed by atoms with E-state index in [2.05, 4.69) is 35.1 Å². The quantitative estimate of drug-likeness (QED) is 0.557. The van der Waals surface area contributed by atoms with Gasteiger partial charge in [0.15, 0.2) is 0 Å². The lowest BCUT2D eigenvalue weighted by molar-refractivity contribution is -0.385. The van der Waals surface area contributed by atoms with Crippen molar-refractivity contribution < 1.29 is 9.72 Å². The van der Waals surface area contributed by atoms with Crippen molar-refractivity contribution in [2.75, 3.05) is 6.54 Å². The summed E-state index contributed by atoms with van der Waals surface area (Å²) in [6.45, 7) is 4.85. The Balaban J connectivity index is 2.72. The Morgan fingerprint density at radius 3 is 2.71 bits per heavy atom. The minimum absolute atomic E-state index is 0.0966. The van der Waals surface area contributed by atoms with E-state index in [1.807, 2.05) is 0 Å². The van der Waals surface area contributed by atoms with Crippen LogP contribution in [0, 0.1) is 16.0 Å². The van der Waals surface area contributed by atoms with E-state index < -0.39 is 4.92 Å². The van der Waals surface area contributed by atoms with Crippen LogP contribution in [-0.4, -0.2) is 17.4 Å². The number of unbranched alkanes of at least 4 members (excludes halogenated alkanes) is 1. The highest BCUT2D eigenvalue weighted by Crippen LogP contribution is 2.28. The van der Waals surface area contributed by atoms with Crippen LogP contribution >= 0.6 is 15.9 Å². The molecule has 1 unspecified atom stereocenters. The molecule has 0 saturated heterocycles. The van der Waals surface area contributed by atoms with E-state index in [0.717, 1.165) is 25.7 Å². The minimum Gasteiger partial charge on any atom is -0.352 e. The minimum atomic E-state index is -0.503. The fraction of sp³-hybridized carbons (Fsp3) is 0.533. The summed E-state index contributed by atoms with van der Waals surface area (Å²) < 4.78 is 0.231.